The maximum Gasteiger partial charge on any atom is 0.101 e. The number of nitrogen functional groups attached to an aromatic ring is 1. The molecule has 2 rings (SSSR count). The maximum absolute atomic E-state index is 8.97. The third kappa shape index (κ3) is 3.11. The Morgan fingerprint density at radius 2 is 2.28 bits per heavy atom. The van der Waals surface area contributed by atoms with Gasteiger partial charge in [-0.25, -0.2) is 0 Å². The highest BCUT2D eigenvalue weighted by atomic mass is 32.2. The fourth-order valence-electron chi connectivity index (χ4n) is 2.47. The summed E-state index contributed by atoms with van der Waals surface area (Å²) < 4.78 is 0. The Balaban J connectivity index is 2.03. The highest BCUT2D eigenvalue weighted by molar-refractivity contribution is 7.99. The van der Waals surface area contributed by atoms with Crippen LogP contribution in [0.1, 0.15) is 31.2 Å². The van der Waals surface area contributed by atoms with Crippen LogP contribution < -0.4 is 11.1 Å². The van der Waals surface area contributed by atoms with E-state index in [1.165, 1.54) is 25.7 Å². The number of nitrogens with one attached hydrogen (secondary N) is 1. The minimum atomic E-state index is 0.520. The van der Waals surface area contributed by atoms with E-state index in [0.29, 0.717) is 17.3 Å². The van der Waals surface area contributed by atoms with Gasteiger partial charge in [-0.05, 0) is 43.7 Å². The van der Waals surface area contributed by atoms with Crippen LogP contribution in [0.15, 0.2) is 18.2 Å². The van der Waals surface area contributed by atoms with Crippen molar-refractivity contribution < 1.29 is 0 Å². The lowest BCUT2D eigenvalue weighted by Gasteiger charge is -2.29. The highest BCUT2D eigenvalue weighted by Crippen LogP contribution is 2.29. The summed E-state index contributed by atoms with van der Waals surface area (Å²) in [6.45, 7) is 0. The van der Waals surface area contributed by atoms with Crippen molar-refractivity contribution in [3.63, 3.8) is 0 Å². The normalized spacial score (nSPS) is 23.3. The van der Waals surface area contributed by atoms with Crippen molar-refractivity contribution in [2.75, 3.05) is 17.3 Å². The highest BCUT2D eigenvalue weighted by Gasteiger charge is 2.21. The zero-order valence-corrected chi connectivity index (χ0v) is 11.5. The van der Waals surface area contributed by atoms with Crippen LogP contribution in [0.2, 0.25) is 0 Å². The number of nitrogens with zero attached hydrogens (tertiary/aromatic N) is 1. The SMILES string of the molecule is CSC1CCCC(Nc2ccc(N)c(C#N)c2)C1. The molecule has 0 heterocycles. The van der Waals surface area contributed by atoms with Gasteiger partial charge < -0.3 is 11.1 Å². The van der Waals surface area contributed by atoms with Gasteiger partial charge in [0.05, 0.1) is 5.56 Å². The van der Waals surface area contributed by atoms with Crippen molar-refractivity contribution >= 4 is 23.1 Å². The van der Waals surface area contributed by atoms with Gasteiger partial charge in [0.25, 0.3) is 0 Å². The Bertz CT molecular complexity index is 453. The predicted molar refractivity (Wildman–Crippen MR) is 78.8 cm³/mol. The number of benzene rings is 1. The fraction of sp³-hybridized carbons (Fsp3) is 0.500. The Hall–Kier alpha value is -1.34. The van der Waals surface area contributed by atoms with Gasteiger partial charge in [-0.2, -0.15) is 17.0 Å². The summed E-state index contributed by atoms with van der Waals surface area (Å²) in [5, 5.41) is 13.3. The number of nitriles is 1. The number of rotatable bonds is 3. The summed E-state index contributed by atoms with van der Waals surface area (Å²) in [5.74, 6) is 0. The molecule has 0 radical (unpaired) electrons. The zero-order chi connectivity index (χ0) is 13.0. The van der Waals surface area contributed by atoms with Gasteiger partial charge in [-0.15, -0.1) is 0 Å². The monoisotopic (exact) mass is 261 g/mol. The van der Waals surface area contributed by atoms with E-state index in [1.807, 2.05) is 23.9 Å². The quantitative estimate of drug-likeness (QED) is 0.820. The van der Waals surface area contributed by atoms with Crippen LogP contribution >= 0.6 is 11.8 Å². The molecule has 2 unspecified atom stereocenters. The summed E-state index contributed by atoms with van der Waals surface area (Å²) in [6.07, 6.45) is 7.20. The first-order valence-corrected chi connectivity index (χ1v) is 7.60. The van der Waals surface area contributed by atoms with Crippen LogP contribution in [-0.2, 0) is 0 Å². The molecule has 0 saturated heterocycles. The van der Waals surface area contributed by atoms with Gasteiger partial charge >= 0.3 is 0 Å². The average Bonchev–Trinajstić information content (AvgIpc) is 2.41. The lowest BCUT2D eigenvalue weighted by molar-refractivity contribution is 0.473. The molecular formula is C14H19N3S. The summed E-state index contributed by atoms with van der Waals surface area (Å²) >= 11 is 1.96. The second kappa shape index (κ2) is 6.01. The maximum atomic E-state index is 8.97. The molecule has 0 amide bonds. The smallest absolute Gasteiger partial charge is 0.101 e. The standard InChI is InChI=1S/C14H19N3S/c1-18-13-4-2-3-11(8-13)17-12-5-6-14(16)10(7-12)9-15/h5-7,11,13,17H,2-4,8,16H2,1H3. The molecule has 1 aliphatic carbocycles. The third-order valence-corrected chi connectivity index (χ3v) is 4.60. The minimum Gasteiger partial charge on any atom is -0.398 e. The van der Waals surface area contributed by atoms with Crippen LogP contribution in [-0.4, -0.2) is 17.5 Å². The van der Waals surface area contributed by atoms with E-state index < -0.39 is 0 Å². The molecule has 0 aromatic heterocycles. The van der Waals surface area contributed by atoms with Gasteiger partial charge in [0, 0.05) is 22.7 Å². The summed E-state index contributed by atoms with van der Waals surface area (Å²) in [5.41, 5.74) is 7.83. The molecule has 4 heteroatoms. The number of nitrogens with two attached hydrogens (primary N) is 1. The van der Waals surface area contributed by atoms with Crippen molar-refractivity contribution in [2.24, 2.45) is 0 Å². The number of thioether (sulfide) groups is 1. The predicted octanol–water partition coefficient (Wildman–Crippen LogP) is 3.23. The molecule has 3 N–H and O–H groups in total. The van der Waals surface area contributed by atoms with E-state index in [9.17, 15) is 0 Å². The van der Waals surface area contributed by atoms with Crippen molar-refractivity contribution in [3.05, 3.63) is 23.8 Å². The number of anilines is 2. The van der Waals surface area contributed by atoms with Crippen LogP contribution in [0.5, 0.6) is 0 Å². The van der Waals surface area contributed by atoms with E-state index >= 15 is 0 Å². The van der Waals surface area contributed by atoms with Gasteiger partial charge in [0.2, 0.25) is 0 Å². The fourth-order valence-corrected chi connectivity index (χ4v) is 3.30. The second-order valence-electron chi connectivity index (χ2n) is 4.78. The largest absolute Gasteiger partial charge is 0.398 e. The molecule has 2 atom stereocenters. The molecule has 0 bridgehead atoms. The van der Waals surface area contributed by atoms with Crippen molar-refractivity contribution in [1.29, 1.82) is 5.26 Å². The van der Waals surface area contributed by atoms with E-state index in [4.69, 9.17) is 11.0 Å². The van der Waals surface area contributed by atoms with Gasteiger partial charge in [-0.1, -0.05) is 6.42 Å². The van der Waals surface area contributed by atoms with E-state index in [0.717, 1.165) is 10.9 Å². The lowest BCUT2D eigenvalue weighted by Crippen LogP contribution is -2.28. The number of hydrogen-bond donors (Lipinski definition) is 2. The van der Waals surface area contributed by atoms with Gasteiger partial charge in [-0.3, -0.25) is 0 Å². The summed E-state index contributed by atoms with van der Waals surface area (Å²) in [6, 6.07) is 8.25. The molecule has 1 aliphatic rings. The van der Waals surface area contributed by atoms with Gasteiger partial charge in [0.15, 0.2) is 0 Å². The molecule has 96 valence electrons. The minimum absolute atomic E-state index is 0.520. The molecule has 18 heavy (non-hydrogen) atoms. The molecule has 1 fully saturated rings. The van der Waals surface area contributed by atoms with Crippen molar-refractivity contribution in [2.45, 2.75) is 37.0 Å². The Morgan fingerprint density at radius 1 is 1.44 bits per heavy atom. The summed E-state index contributed by atoms with van der Waals surface area (Å²) in [4.78, 5) is 0. The first-order chi connectivity index (χ1) is 8.72. The third-order valence-electron chi connectivity index (χ3n) is 3.50. The van der Waals surface area contributed by atoms with Crippen LogP contribution in [0, 0.1) is 11.3 Å². The Kier molecular flexibility index (Phi) is 4.38. The first kappa shape index (κ1) is 13.1. The topological polar surface area (TPSA) is 61.8 Å². The first-order valence-electron chi connectivity index (χ1n) is 6.32. The Morgan fingerprint density at radius 3 is 3.00 bits per heavy atom. The molecule has 1 aromatic carbocycles. The van der Waals surface area contributed by atoms with Crippen LogP contribution in [0.3, 0.4) is 0 Å². The van der Waals surface area contributed by atoms with Crippen LogP contribution in [0.25, 0.3) is 0 Å². The number of hydrogen-bond acceptors (Lipinski definition) is 4. The summed E-state index contributed by atoms with van der Waals surface area (Å²) in [7, 11) is 0. The molecule has 1 saturated carbocycles. The van der Waals surface area contributed by atoms with E-state index in [1.54, 1.807) is 6.07 Å². The van der Waals surface area contributed by atoms with E-state index in [2.05, 4.69) is 17.6 Å². The molecule has 0 spiro atoms. The lowest BCUT2D eigenvalue weighted by atomic mass is 9.94. The molecule has 1 aromatic rings. The Labute approximate surface area is 113 Å². The second-order valence-corrected chi connectivity index (χ2v) is 5.92. The zero-order valence-electron chi connectivity index (χ0n) is 10.6. The van der Waals surface area contributed by atoms with Crippen molar-refractivity contribution in [1.82, 2.24) is 0 Å². The molecular weight excluding hydrogens is 242 g/mol. The average molecular weight is 261 g/mol. The molecule has 3 nitrogen and oxygen atoms in total. The van der Waals surface area contributed by atoms with Crippen LogP contribution in [0.4, 0.5) is 11.4 Å². The van der Waals surface area contributed by atoms with Crippen molar-refractivity contribution in [3.8, 4) is 6.07 Å². The van der Waals surface area contributed by atoms with E-state index in [-0.39, 0.29) is 0 Å². The van der Waals surface area contributed by atoms with Gasteiger partial charge in [0.1, 0.15) is 6.07 Å². The molecule has 0 aliphatic heterocycles.